The van der Waals surface area contributed by atoms with Crippen LogP contribution >= 0.6 is 0 Å². The zero-order valence-electron chi connectivity index (χ0n) is 15.2. The van der Waals surface area contributed by atoms with Gasteiger partial charge in [-0.1, -0.05) is 6.07 Å². The molecule has 1 saturated carbocycles. The molecule has 1 aromatic carbocycles. The van der Waals surface area contributed by atoms with Crippen LogP contribution in [0.2, 0.25) is 5.82 Å². The smallest absolute Gasteiger partial charge is 0.526 e. The third-order valence-corrected chi connectivity index (χ3v) is 6.35. The molecule has 5 rings (SSSR count). The van der Waals surface area contributed by atoms with Gasteiger partial charge >= 0.3 is 13.1 Å². The second kappa shape index (κ2) is 6.36. The van der Waals surface area contributed by atoms with Crippen molar-refractivity contribution in [2.75, 3.05) is 19.6 Å². The van der Waals surface area contributed by atoms with Crippen LogP contribution in [0.15, 0.2) is 12.1 Å². The molecule has 1 aromatic rings. The van der Waals surface area contributed by atoms with E-state index in [1.54, 1.807) is 6.07 Å². The Morgan fingerprint density at radius 2 is 2.11 bits per heavy atom. The van der Waals surface area contributed by atoms with Gasteiger partial charge in [-0.2, -0.15) is 0 Å². The van der Waals surface area contributed by atoms with Crippen LogP contribution in [-0.2, 0) is 4.79 Å². The van der Waals surface area contributed by atoms with Crippen LogP contribution in [0.4, 0.5) is 0 Å². The number of primary amides is 1. The van der Waals surface area contributed by atoms with Crippen LogP contribution in [0.3, 0.4) is 0 Å². The van der Waals surface area contributed by atoms with Crippen molar-refractivity contribution >= 4 is 19.0 Å². The van der Waals surface area contributed by atoms with Crippen molar-refractivity contribution in [2.45, 2.75) is 42.8 Å². The zero-order valence-corrected chi connectivity index (χ0v) is 15.2. The molecule has 4 atom stereocenters. The van der Waals surface area contributed by atoms with Gasteiger partial charge < -0.3 is 30.6 Å². The minimum atomic E-state index is -1.13. The van der Waals surface area contributed by atoms with Crippen molar-refractivity contribution in [2.24, 2.45) is 5.73 Å². The summed E-state index contributed by atoms with van der Waals surface area (Å²) in [7, 11) is -0.960. The fourth-order valence-electron chi connectivity index (χ4n) is 4.63. The molecule has 1 amide bonds. The first-order chi connectivity index (χ1) is 13.4. The van der Waals surface area contributed by atoms with Gasteiger partial charge in [0.2, 0.25) is 5.91 Å². The maximum atomic E-state index is 11.9. The van der Waals surface area contributed by atoms with E-state index in [-0.39, 0.29) is 52.9 Å². The number of rotatable bonds is 5. The lowest BCUT2D eigenvalue weighted by Gasteiger charge is -2.42. The standard InChI is InChI=1S/C18H22BN3O6/c20-17(23)13-3-8(5-21-13)22-6-9(7-22)27-14-2-1-10-11-4-12(11)19(26)28-16(10)15(14)18(24)25/h1-2,8-9,11-13,21,26H,3-7H2,(H2,20,23)(H,24,25)/t8-,11?,12-,13+/m1/s1. The number of hydrogen-bond donors (Lipinski definition) is 4. The highest BCUT2D eigenvalue weighted by molar-refractivity contribution is 6.48. The average molecular weight is 387 g/mol. The molecule has 0 aromatic heterocycles. The topological polar surface area (TPSA) is 134 Å². The van der Waals surface area contributed by atoms with E-state index in [2.05, 4.69) is 10.2 Å². The number of hydrogen-bond acceptors (Lipinski definition) is 7. The van der Waals surface area contributed by atoms with E-state index < -0.39 is 13.1 Å². The Morgan fingerprint density at radius 1 is 1.32 bits per heavy atom. The summed E-state index contributed by atoms with van der Waals surface area (Å²) >= 11 is 0. The minimum absolute atomic E-state index is 0.0170. The number of benzene rings is 1. The van der Waals surface area contributed by atoms with Crippen molar-refractivity contribution in [3.63, 3.8) is 0 Å². The monoisotopic (exact) mass is 387 g/mol. The third kappa shape index (κ3) is 2.83. The summed E-state index contributed by atoms with van der Waals surface area (Å²) < 4.78 is 11.5. The molecular weight excluding hydrogens is 365 g/mol. The number of carbonyl (C=O) groups is 2. The summed E-state index contributed by atoms with van der Waals surface area (Å²) in [4.78, 5) is 25.4. The predicted octanol–water partition coefficient (Wildman–Crippen LogP) is -0.606. The van der Waals surface area contributed by atoms with E-state index in [4.69, 9.17) is 15.1 Å². The number of nitrogens with two attached hydrogens (primary N) is 1. The largest absolute Gasteiger partial charge is 0.535 e. The van der Waals surface area contributed by atoms with Crippen molar-refractivity contribution in [1.29, 1.82) is 0 Å². The first-order valence-corrected chi connectivity index (χ1v) is 9.60. The molecule has 0 radical (unpaired) electrons. The summed E-state index contributed by atoms with van der Waals surface area (Å²) in [5.41, 5.74) is 6.16. The summed E-state index contributed by atoms with van der Waals surface area (Å²) in [6.45, 7) is 2.01. The van der Waals surface area contributed by atoms with E-state index in [1.165, 1.54) is 0 Å². The lowest BCUT2D eigenvalue weighted by Crippen LogP contribution is -2.58. The molecule has 2 saturated heterocycles. The molecule has 5 N–H and O–H groups in total. The molecule has 0 bridgehead atoms. The van der Waals surface area contributed by atoms with E-state index in [0.29, 0.717) is 26.1 Å². The maximum absolute atomic E-state index is 11.9. The fraction of sp³-hybridized carbons (Fsp3) is 0.556. The number of nitrogens with one attached hydrogen (secondary N) is 1. The number of fused-ring (bicyclic) bond motifs is 3. The Hall–Kier alpha value is -2.30. The molecule has 9 nitrogen and oxygen atoms in total. The van der Waals surface area contributed by atoms with E-state index >= 15 is 0 Å². The van der Waals surface area contributed by atoms with Gasteiger partial charge in [-0.05, 0) is 30.4 Å². The molecule has 148 valence electrons. The first kappa shape index (κ1) is 17.8. The summed E-state index contributed by atoms with van der Waals surface area (Å²) in [5.74, 6) is -0.739. The van der Waals surface area contributed by atoms with Crippen LogP contribution in [-0.4, -0.2) is 71.8 Å². The molecule has 10 heteroatoms. The molecule has 1 unspecified atom stereocenters. The predicted molar refractivity (Wildman–Crippen MR) is 98.5 cm³/mol. The average Bonchev–Trinajstić information content (AvgIpc) is 3.27. The molecule has 3 fully saturated rings. The molecule has 28 heavy (non-hydrogen) atoms. The van der Waals surface area contributed by atoms with E-state index in [0.717, 1.165) is 12.0 Å². The number of ether oxygens (including phenoxy) is 1. The maximum Gasteiger partial charge on any atom is 0.526 e. The summed E-state index contributed by atoms with van der Waals surface area (Å²) in [6, 6.07) is 3.48. The second-order valence-corrected chi connectivity index (χ2v) is 8.12. The first-order valence-electron chi connectivity index (χ1n) is 9.60. The highest BCUT2D eigenvalue weighted by Gasteiger charge is 2.54. The SMILES string of the molecule is NC(=O)[C@@H]1C[C@@H](N2CC(Oc3ccc4c(c3C(=O)O)OB(O)[C@@H]3CC43)C2)CN1. The van der Waals surface area contributed by atoms with E-state index in [1.807, 2.05) is 6.07 Å². The van der Waals surface area contributed by atoms with Gasteiger partial charge in [-0.25, -0.2) is 4.79 Å². The van der Waals surface area contributed by atoms with Gasteiger partial charge in [0.25, 0.3) is 0 Å². The highest BCUT2D eigenvalue weighted by Crippen LogP contribution is 2.60. The summed E-state index contributed by atoms with van der Waals surface area (Å²) in [6.07, 6.45) is 1.36. The zero-order chi connectivity index (χ0) is 19.6. The van der Waals surface area contributed by atoms with Gasteiger partial charge in [-0.15, -0.1) is 0 Å². The van der Waals surface area contributed by atoms with Crippen LogP contribution in [0, 0.1) is 0 Å². The Bertz CT molecular complexity index is 845. The van der Waals surface area contributed by atoms with Crippen molar-refractivity contribution < 1.29 is 29.1 Å². The number of nitrogens with zero attached hydrogens (tertiary/aromatic N) is 1. The summed E-state index contributed by atoms with van der Waals surface area (Å²) in [5, 5.41) is 22.8. The Kier molecular flexibility index (Phi) is 4.04. The van der Waals surface area contributed by atoms with Crippen LogP contribution in [0.5, 0.6) is 11.5 Å². The molecule has 4 aliphatic rings. The lowest BCUT2D eigenvalue weighted by atomic mass is 9.77. The number of carboxylic acid groups (broad SMARTS) is 1. The Morgan fingerprint density at radius 3 is 2.79 bits per heavy atom. The number of amides is 1. The lowest BCUT2D eigenvalue weighted by molar-refractivity contribution is -0.119. The van der Waals surface area contributed by atoms with Gasteiger partial charge in [-0.3, -0.25) is 9.69 Å². The Labute approximate surface area is 161 Å². The van der Waals surface area contributed by atoms with Gasteiger partial charge in [0.15, 0.2) is 0 Å². The number of aromatic carboxylic acids is 1. The highest BCUT2D eigenvalue weighted by atomic mass is 16.5. The van der Waals surface area contributed by atoms with Crippen LogP contribution in [0.1, 0.15) is 34.7 Å². The van der Waals surface area contributed by atoms with Crippen molar-refractivity contribution in [3.05, 3.63) is 23.3 Å². The normalized spacial score (nSPS) is 31.4. The molecule has 1 aliphatic carbocycles. The van der Waals surface area contributed by atoms with E-state index in [9.17, 15) is 19.7 Å². The van der Waals surface area contributed by atoms with Crippen molar-refractivity contribution in [1.82, 2.24) is 10.2 Å². The second-order valence-electron chi connectivity index (χ2n) is 8.12. The van der Waals surface area contributed by atoms with Gasteiger partial charge in [0, 0.05) is 31.5 Å². The van der Waals surface area contributed by atoms with Crippen molar-refractivity contribution in [3.8, 4) is 11.5 Å². The van der Waals surface area contributed by atoms with Crippen LogP contribution in [0.25, 0.3) is 0 Å². The fourth-order valence-corrected chi connectivity index (χ4v) is 4.63. The molecule has 0 spiro atoms. The van der Waals surface area contributed by atoms with Gasteiger partial charge in [0.05, 0.1) is 6.04 Å². The minimum Gasteiger partial charge on any atom is -0.535 e. The quantitative estimate of drug-likeness (QED) is 0.492. The number of carbonyl (C=O) groups excluding carboxylic acids is 1. The third-order valence-electron chi connectivity index (χ3n) is 6.35. The number of likely N-dealkylation sites (tertiary alicyclic amines) is 1. The molecular formula is C18H22BN3O6. The number of carboxylic acids is 1. The van der Waals surface area contributed by atoms with Crippen LogP contribution < -0.4 is 20.4 Å². The Balaban J connectivity index is 1.28. The molecule has 3 heterocycles. The van der Waals surface area contributed by atoms with Gasteiger partial charge in [0.1, 0.15) is 23.2 Å². The molecule has 3 aliphatic heterocycles.